The van der Waals surface area contributed by atoms with E-state index in [1.54, 1.807) is 5.38 Å². The molecule has 0 spiro atoms. The maximum absolute atomic E-state index is 11.1. The fraction of sp³-hybridized carbons (Fsp3) is 0.538. The molecule has 108 valence electrons. The Labute approximate surface area is 121 Å². The quantitative estimate of drug-likeness (QED) is 0.378. The molecule has 20 heavy (non-hydrogen) atoms. The van der Waals surface area contributed by atoms with Crippen LogP contribution in [0.3, 0.4) is 0 Å². The summed E-state index contributed by atoms with van der Waals surface area (Å²) in [6.07, 6.45) is 7.95. The van der Waals surface area contributed by atoms with Gasteiger partial charge in [-0.2, -0.15) is 0 Å². The fourth-order valence-electron chi connectivity index (χ4n) is 2.12. The van der Waals surface area contributed by atoms with Crippen LogP contribution in [0.5, 0.6) is 0 Å². The Morgan fingerprint density at radius 1 is 1.35 bits per heavy atom. The minimum atomic E-state index is 0.0821. The molecule has 0 radical (unpaired) electrons. The van der Waals surface area contributed by atoms with Crippen molar-refractivity contribution in [2.24, 2.45) is 5.16 Å². The Morgan fingerprint density at radius 2 is 2.10 bits per heavy atom. The van der Waals surface area contributed by atoms with Crippen LogP contribution in [-0.2, 0) is 14.4 Å². The van der Waals surface area contributed by atoms with Gasteiger partial charge in [-0.05, 0) is 25.7 Å². The van der Waals surface area contributed by atoms with Crippen molar-refractivity contribution in [1.82, 2.24) is 4.98 Å². The average molecular weight is 295 g/mol. The largest absolute Gasteiger partial charge is 0.392 e. The van der Waals surface area contributed by atoms with Crippen molar-refractivity contribution < 1.29 is 14.4 Å². The fourth-order valence-corrected chi connectivity index (χ4v) is 2.78. The Hall–Kier alpha value is -1.76. The number of amides is 1. The van der Waals surface area contributed by atoms with E-state index in [4.69, 9.17) is 4.84 Å². The molecule has 0 atom stereocenters. The summed E-state index contributed by atoms with van der Waals surface area (Å²) in [6.45, 7) is 0. The van der Waals surface area contributed by atoms with Crippen LogP contribution in [0.1, 0.15) is 44.2 Å². The molecule has 1 saturated carbocycles. The van der Waals surface area contributed by atoms with E-state index in [9.17, 15) is 9.59 Å². The van der Waals surface area contributed by atoms with E-state index in [0.29, 0.717) is 23.5 Å². The van der Waals surface area contributed by atoms with Gasteiger partial charge in [0.15, 0.2) is 17.1 Å². The van der Waals surface area contributed by atoms with Crippen LogP contribution in [-0.4, -0.2) is 29.5 Å². The standard InChI is InChI=1S/C13H17N3O3S/c17-7-11(12-8-20-13(15-12)14-9-18)16-19-10-5-3-1-2-4-6-10/h7-10H,1-6H2,(H,14,15,18). The van der Waals surface area contributed by atoms with E-state index in [2.05, 4.69) is 15.5 Å². The van der Waals surface area contributed by atoms with Gasteiger partial charge < -0.3 is 10.2 Å². The van der Waals surface area contributed by atoms with Crippen LogP contribution in [0.25, 0.3) is 0 Å². The molecule has 1 amide bonds. The first kappa shape index (κ1) is 14.6. The third kappa shape index (κ3) is 4.12. The zero-order valence-electron chi connectivity index (χ0n) is 11.1. The summed E-state index contributed by atoms with van der Waals surface area (Å²) in [7, 11) is 0. The molecule has 6 nitrogen and oxygen atoms in total. The molecule has 1 aromatic rings. The van der Waals surface area contributed by atoms with Gasteiger partial charge in [-0.3, -0.25) is 9.59 Å². The molecule has 2 rings (SSSR count). The van der Waals surface area contributed by atoms with Crippen molar-refractivity contribution in [1.29, 1.82) is 0 Å². The van der Waals surface area contributed by atoms with Crippen molar-refractivity contribution in [2.75, 3.05) is 5.32 Å². The zero-order chi connectivity index (χ0) is 14.2. The summed E-state index contributed by atoms with van der Waals surface area (Å²) in [5.41, 5.74) is 0.576. The highest BCUT2D eigenvalue weighted by molar-refractivity contribution is 7.14. The molecule has 0 unspecified atom stereocenters. The lowest BCUT2D eigenvalue weighted by molar-refractivity contribution is -0.105. The van der Waals surface area contributed by atoms with E-state index in [1.165, 1.54) is 24.2 Å². The van der Waals surface area contributed by atoms with Gasteiger partial charge in [0.05, 0.1) is 0 Å². The Bertz CT molecular complexity index is 479. The van der Waals surface area contributed by atoms with Crippen molar-refractivity contribution in [3.05, 3.63) is 11.1 Å². The van der Waals surface area contributed by atoms with E-state index in [-0.39, 0.29) is 11.8 Å². The number of oxime groups is 1. The molecule has 7 heteroatoms. The molecule has 1 N–H and O–H groups in total. The predicted molar refractivity (Wildman–Crippen MR) is 77.0 cm³/mol. The highest BCUT2D eigenvalue weighted by Crippen LogP contribution is 2.20. The maximum atomic E-state index is 11.1. The van der Waals surface area contributed by atoms with Gasteiger partial charge in [0.1, 0.15) is 11.8 Å². The third-order valence-electron chi connectivity index (χ3n) is 3.16. The lowest BCUT2D eigenvalue weighted by atomic mass is 10.2. The Balaban J connectivity index is 2.00. The summed E-state index contributed by atoms with van der Waals surface area (Å²) < 4.78 is 0. The van der Waals surface area contributed by atoms with Crippen molar-refractivity contribution >= 4 is 34.9 Å². The number of aromatic nitrogens is 1. The summed E-state index contributed by atoms with van der Waals surface area (Å²) in [5.74, 6) is 0. The number of nitrogens with zero attached hydrogens (tertiary/aromatic N) is 2. The van der Waals surface area contributed by atoms with Crippen molar-refractivity contribution in [3.8, 4) is 0 Å². The normalized spacial score (nSPS) is 17.3. The third-order valence-corrected chi connectivity index (χ3v) is 3.94. The number of anilines is 1. The highest BCUT2D eigenvalue weighted by Gasteiger charge is 2.15. The van der Waals surface area contributed by atoms with Crippen LogP contribution >= 0.6 is 11.3 Å². The molecule has 1 aliphatic rings. The number of rotatable bonds is 6. The molecular weight excluding hydrogens is 278 g/mol. The van der Waals surface area contributed by atoms with Gasteiger partial charge in [0.2, 0.25) is 6.41 Å². The second-order valence-electron chi connectivity index (χ2n) is 4.61. The first-order valence-electron chi connectivity index (χ1n) is 6.68. The van der Waals surface area contributed by atoms with E-state index < -0.39 is 0 Å². The van der Waals surface area contributed by atoms with Gasteiger partial charge in [-0.15, -0.1) is 11.3 Å². The maximum Gasteiger partial charge on any atom is 0.213 e. The Kier molecular flexibility index (Phi) is 5.67. The molecule has 0 aromatic carbocycles. The number of carbonyl (C=O) groups excluding carboxylic acids is 2. The average Bonchev–Trinajstić information content (AvgIpc) is 2.75. The summed E-state index contributed by atoms with van der Waals surface area (Å²) in [4.78, 5) is 31.0. The molecule has 0 bridgehead atoms. The lowest BCUT2D eigenvalue weighted by Crippen LogP contribution is -2.11. The summed E-state index contributed by atoms with van der Waals surface area (Å²) >= 11 is 1.23. The van der Waals surface area contributed by atoms with Crippen LogP contribution in [0.15, 0.2) is 10.5 Å². The predicted octanol–water partition coefficient (Wildman–Crippen LogP) is 2.35. The molecule has 1 fully saturated rings. The zero-order valence-corrected chi connectivity index (χ0v) is 11.9. The second-order valence-corrected chi connectivity index (χ2v) is 5.47. The molecule has 0 aliphatic heterocycles. The first-order chi connectivity index (χ1) is 9.83. The van der Waals surface area contributed by atoms with Crippen LogP contribution in [0.2, 0.25) is 0 Å². The van der Waals surface area contributed by atoms with E-state index in [1.807, 2.05) is 0 Å². The number of aldehydes is 1. The van der Waals surface area contributed by atoms with Crippen molar-refractivity contribution in [3.63, 3.8) is 0 Å². The lowest BCUT2D eigenvalue weighted by Gasteiger charge is -2.11. The minimum Gasteiger partial charge on any atom is -0.392 e. The van der Waals surface area contributed by atoms with Gasteiger partial charge >= 0.3 is 0 Å². The first-order valence-corrected chi connectivity index (χ1v) is 7.56. The Morgan fingerprint density at radius 3 is 2.75 bits per heavy atom. The van der Waals surface area contributed by atoms with Gasteiger partial charge in [0, 0.05) is 5.38 Å². The second kappa shape index (κ2) is 7.74. The van der Waals surface area contributed by atoms with Crippen LogP contribution < -0.4 is 5.32 Å². The van der Waals surface area contributed by atoms with E-state index >= 15 is 0 Å². The number of hydrogen-bond donors (Lipinski definition) is 1. The molecule has 1 aromatic heterocycles. The van der Waals surface area contributed by atoms with Gasteiger partial charge in [-0.1, -0.05) is 18.0 Å². The highest BCUT2D eigenvalue weighted by atomic mass is 32.1. The van der Waals surface area contributed by atoms with Crippen molar-refractivity contribution in [2.45, 2.75) is 44.6 Å². The topological polar surface area (TPSA) is 80.7 Å². The van der Waals surface area contributed by atoms with Gasteiger partial charge in [0.25, 0.3) is 0 Å². The smallest absolute Gasteiger partial charge is 0.213 e. The van der Waals surface area contributed by atoms with Crippen LogP contribution in [0, 0.1) is 0 Å². The summed E-state index contributed by atoms with van der Waals surface area (Å²) in [6, 6.07) is 0. The SMILES string of the molecule is O=CNc1nc(C(C=O)=NOC2CCCCCC2)cs1. The van der Waals surface area contributed by atoms with Crippen LogP contribution in [0.4, 0.5) is 5.13 Å². The molecule has 1 heterocycles. The molecule has 1 aliphatic carbocycles. The minimum absolute atomic E-state index is 0.0821. The van der Waals surface area contributed by atoms with E-state index in [0.717, 1.165) is 25.7 Å². The van der Waals surface area contributed by atoms with Gasteiger partial charge in [-0.25, -0.2) is 4.98 Å². The monoisotopic (exact) mass is 295 g/mol. The number of thiazole rings is 1. The molecule has 0 saturated heterocycles. The summed E-state index contributed by atoms with van der Waals surface area (Å²) in [5, 5.41) is 8.46. The number of hydrogen-bond acceptors (Lipinski definition) is 6. The molecular formula is C13H17N3O3S. The number of carbonyl (C=O) groups is 2. The number of nitrogens with one attached hydrogen (secondary N) is 1.